The maximum Gasteiger partial charge on any atom is 0.404 e. The van der Waals surface area contributed by atoms with Crippen LogP contribution in [0.25, 0.3) is 0 Å². The molecule has 2 N–H and O–H groups in total. The van der Waals surface area contributed by atoms with Crippen molar-refractivity contribution in [1.29, 1.82) is 0 Å². The summed E-state index contributed by atoms with van der Waals surface area (Å²) in [5.41, 5.74) is -2.22. The van der Waals surface area contributed by atoms with Crippen molar-refractivity contribution in [2.75, 3.05) is 13.1 Å². The lowest BCUT2D eigenvalue weighted by atomic mass is 9.84. The molecule has 0 aromatic rings. The maximum absolute atomic E-state index is 13.2. The minimum atomic E-state index is -4.48. The largest absolute Gasteiger partial charge is 0.404 e. The Morgan fingerprint density at radius 3 is 2.26 bits per heavy atom. The fourth-order valence-corrected chi connectivity index (χ4v) is 3.00. The van der Waals surface area contributed by atoms with Crippen LogP contribution in [0, 0.1) is 5.41 Å². The predicted octanol–water partition coefficient (Wildman–Crippen LogP) is 2.37. The quantitative estimate of drug-likeness (QED) is 0.761. The molecule has 0 radical (unpaired) electrons. The van der Waals surface area contributed by atoms with E-state index >= 15 is 0 Å². The summed E-state index contributed by atoms with van der Waals surface area (Å²) in [4.78, 5) is 12.1. The first-order valence-corrected chi connectivity index (χ1v) is 7.04. The monoisotopic (exact) mass is 278 g/mol. The van der Waals surface area contributed by atoms with Gasteiger partial charge in [0, 0.05) is 12.6 Å². The van der Waals surface area contributed by atoms with Gasteiger partial charge in [0.25, 0.3) is 0 Å². The number of nitrogens with one attached hydrogen (secondary N) is 2. The fourth-order valence-electron chi connectivity index (χ4n) is 3.00. The molecule has 2 fully saturated rings. The van der Waals surface area contributed by atoms with E-state index in [9.17, 15) is 18.0 Å². The molecule has 1 unspecified atom stereocenters. The van der Waals surface area contributed by atoms with E-state index in [1.807, 2.05) is 0 Å². The Balaban J connectivity index is 2.04. The van der Waals surface area contributed by atoms with E-state index in [0.717, 1.165) is 38.5 Å². The minimum absolute atomic E-state index is 0.0881. The molecule has 3 nitrogen and oxygen atoms in total. The molecule has 0 aromatic heterocycles. The van der Waals surface area contributed by atoms with E-state index in [-0.39, 0.29) is 25.6 Å². The van der Waals surface area contributed by atoms with E-state index < -0.39 is 17.5 Å². The first-order chi connectivity index (χ1) is 8.96. The summed E-state index contributed by atoms with van der Waals surface area (Å²) in [6.45, 7) is -0.0490. The van der Waals surface area contributed by atoms with Crippen molar-refractivity contribution < 1.29 is 18.0 Å². The zero-order valence-corrected chi connectivity index (χ0v) is 11.0. The Hall–Kier alpha value is -0.780. The highest BCUT2D eigenvalue weighted by Crippen LogP contribution is 2.43. The van der Waals surface area contributed by atoms with Crippen LogP contribution in [0.2, 0.25) is 0 Å². The van der Waals surface area contributed by atoms with Gasteiger partial charge >= 0.3 is 6.18 Å². The van der Waals surface area contributed by atoms with Crippen LogP contribution in [0.15, 0.2) is 0 Å². The third-order valence-electron chi connectivity index (χ3n) is 4.32. The SMILES string of the molecule is O=C(NC1CCCCCC1)C1(C(F)(F)F)CCNC1. The first kappa shape index (κ1) is 14.6. The number of hydrogen-bond acceptors (Lipinski definition) is 2. The van der Waals surface area contributed by atoms with Crippen molar-refractivity contribution in [2.45, 2.75) is 57.2 Å². The average molecular weight is 278 g/mol. The highest BCUT2D eigenvalue weighted by Gasteiger charge is 2.61. The van der Waals surface area contributed by atoms with Gasteiger partial charge in [-0.2, -0.15) is 13.2 Å². The van der Waals surface area contributed by atoms with Crippen molar-refractivity contribution in [3.63, 3.8) is 0 Å². The van der Waals surface area contributed by atoms with Gasteiger partial charge in [0.1, 0.15) is 0 Å². The number of carbonyl (C=O) groups is 1. The molecule has 1 atom stereocenters. The van der Waals surface area contributed by atoms with Gasteiger partial charge < -0.3 is 10.6 Å². The molecule has 2 aliphatic rings. The smallest absolute Gasteiger partial charge is 0.353 e. The Labute approximate surface area is 111 Å². The molecule has 6 heteroatoms. The number of halogens is 3. The zero-order valence-electron chi connectivity index (χ0n) is 11.0. The van der Waals surface area contributed by atoms with Crippen LogP contribution in [0.4, 0.5) is 13.2 Å². The summed E-state index contributed by atoms with van der Waals surface area (Å²) in [6, 6.07) is -0.0881. The van der Waals surface area contributed by atoms with Gasteiger partial charge in [-0.1, -0.05) is 25.7 Å². The lowest BCUT2D eigenvalue weighted by molar-refractivity contribution is -0.216. The third-order valence-corrected chi connectivity index (χ3v) is 4.32. The van der Waals surface area contributed by atoms with Gasteiger partial charge in [-0.3, -0.25) is 4.79 Å². The van der Waals surface area contributed by atoms with E-state index in [1.54, 1.807) is 0 Å². The molecule has 0 spiro atoms. The van der Waals surface area contributed by atoms with Crippen LogP contribution < -0.4 is 10.6 Å². The second-order valence-corrected chi connectivity index (χ2v) is 5.67. The Bertz CT molecular complexity index is 316. The molecule has 110 valence electrons. The van der Waals surface area contributed by atoms with Crippen LogP contribution in [-0.2, 0) is 4.79 Å². The molecule has 1 amide bonds. The average Bonchev–Trinajstić information content (AvgIpc) is 2.71. The summed E-state index contributed by atoms with van der Waals surface area (Å²) < 4.78 is 39.6. The van der Waals surface area contributed by atoms with Gasteiger partial charge in [0.05, 0.1) is 0 Å². The van der Waals surface area contributed by atoms with Gasteiger partial charge in [-0.15, -0.1) is 0 Å². The van der Waals surface area contributed by atoms with Crippen LogP contribution >= 0.6 is 0 Å². The van der Waals surface area contributed by atoms with Crippen LogP contribution in [0.3, 0.4) is 0 Å². The molecule has 1 saturated heterocycles. The van der Waals surface area contributed by atoms with Crippen LogP contribution in [0.5, 0.6) is 0 Å². The molecule has 0 aromatic carbocycles. The molecule has 2 rings (SSSR count). The number of amides is 1. The molecule has 19 heavy (non-hydrogen) atoms. The van der Waals surface area contributed by atoms with Gasteiger partial charge in [0.15, 0.2) is 5.41 Å². The van der Waals surface area contributed by atoms with E-state index in [4.69, 9.17) is 0 Å². The molecular weight excluding hydrogens is 257 g/mol. The van der Waals surface area contributed by atoms with Crippen molar-refractivity contribution in [3.8, 4) is 0 Å². The van der Waals surface area contributed by atoms with Gasteiger partial charge in [-0.25, -0.2) is 0 Å². The number of alkyl halides is 3. The summed E-state index contributed by atoms with van der Waals surface area (Å²) in [5.74, 6) is -0.836. The van der Waals surface area contributed by atoms with Crippen LogP contribution in [-0.4, -0.2) is 31.2 Å². The van der Waals surface area contributed by atoms with Crippen LogP contribution in [0.1, 0.15) is 44.9 Å². The zero-order chi connectivity index (χ0) is 13.9. The van der Waals surface area contributed by atoms with E-state index in [2.05, 4.69) is 10.6 Å². The molecule has 1 heterocycles. The van der Waals surface area contributed by atoms with Crippen molar-refractivity contribution >= 4 is 5.91 Å². The number of rotatable bonds is 2. The Morgan fingerprint density at radius 1 is 1.16 bits per heavy atom. The fraction of sp³-hybridized carbons (Fsp3) is 0.923. The first-order valence-electron chi connectivity index (χ1n) is 7.04. The second kappa shape index (κ2) is 5.69. The number of hydrogen-bond donors (Lipinski definition) is 2. The molecular formula is C13H21F3N2O. The Kier molecular flexibility index (Phi) is 4.38. The van der Waals surface area contributed by atoms with Crippen molar-refractivity contribution in [1.82, 2.24) is 10.6 Å². The van der Waals surface area contributed by atoms with E-state index in [1.165, 1.54) is 0 Å². The number of carbonyl (C=O) groups excluding carboxylic acids is 1. The molecule has 1 aliphatic heterocycles. The minimum Gasteiger partial charge on any atom is -0.353 e. The second-order valence-electron chi connectivity index (χ2n) is 5.67. The van der Waals surface area contributed by atoms with Gasteiger partial charge in [-0.05, 0) is 25.8 Å². The topological polar surface area (TPSA) is 41.1 Å². The summed E-state index contributed by atoms with van der Waals surface area (Å²) in [5, 5.41) is 5.32. The van der Waals surface area contributed by atoms with Crippen molar-refractivity contribution in [3.05, 3.63) is 0 Å². The summed E-state index contributed by atoms with van der Waals surface area (Å²) >= 11 is 0. The third kappa shape index (κ3) is 3.04. The highest BCUT2D eigenvalue weighted by molar-refractivity contribution is 5.84. The predicted molar refractivity (Wildman–Crippen MR) is 65.6 cm³/mol. The van der Waals surface area contributed by atoms with Crippen molar-refractivity contribution in [2.24, 2.45) is 5.41 Å². The van der Waals surface area contributed by atoms with E-state index in [0.29, 0.717) is 0 Å². The summed E-state index contributed by atoms with van der Waals surface area (Å²) in [6.07, 6.45) is 1.15. The summed E-state index contributed by atoms with van der Waals surface area (Å²) in [7, 11) is 0. The molecule has 1 aliphatic carbocycles. The molecule has 1 saturated carbocycles. The standard InChI is InChI=1S/C13H21F3N2O/c14-13(15,16)12(7-8-17-9-12)11(19)18-10-5-3-1-2-4-6-10/h10,17H,1-9H2,(H,18,19). The normalized spacial score (nSPS) is 30.1. The highest BCUT2D eigenvalue weighted by atomic mass is 19.4. The molecule has 0 bridgehead atoms. The maximum atomic E-state index is 13.2. The lowest BCUT2D eigenvalue weighted by Crippen LogP contribution is -2.54. The Morgan fingerprint density at radius 2 is 1.79 bits per heavy atom. The lowest BCUT2D eigenvalue weighted by Gasteiger charge is -2.31. The van der Waals surface area contributed by atoms with Gasteiger partial charge in [0.2, 0.25) is 5.91 Å².